The Morgan fingerprint density at radius 3 is 2.67 bits per heavy atom. The summed E-state index contributed by atoms with van der Waals surface area (Å²) in [6, 6.07) is 4.33. The summed E-state index contributed by atoms with van der Waals surface area (Å²) >= 11 is 0. The Kier molecular flexibility index (Phi) is 3.83. The number of nitrogens with zero attached hydrogens (tertiary/aromatic N) is 3. The average molecular weight is 300 g/mol. The Morgan fingerprint density at radius 2 is 2.14 bits per heavy atom. The molecule has 0 aliphatic rings. The van der Waals surface area contributed by atoms with Crippen molar-refractivity contribution in [3.63, 3.8) is 0 Å². The van der Waals surface area contributed by atoms with E-state index in [1.165, 1.54) is 18.2 Å². The second kappa shape index (κ2) is 5.43. The number of para-hydroxylation sites is 1. The molecule has 1 aromatic heterocycles. The Morgan fingerprint density at radius 1 is 1.43 bits per heavy atom. The summed E-state index contributed by atoms with van der Waals surface area (Å²) in [5.41, 5.74) is -1.10. The summed E-state index contributed by atoms with van der Waals surface area (Å²) < 4.78 is 38.6. The highest BCUT2D eigenvalue weighted by Gasteiger charge is 2.33. The summed E-state index contributed by atoms with van der Waals surface area (Å²) in [7, 11) is 0. The molecule has 0 amide bonds. The lowest BCUT2D eigenvalue weighted by molar-refractivity contribution is -0.383. The van der Waals surface area contributed by atoms with Crippen molar-refractivity contribution < 1.29 is 18.1 Å². The van der Waals surface area contributed by atoms with E-state index in [9.17, 15) is 23.3 Å². The van der Waals surface area contributed by atoms with Crippen molar-refractivity contribution in [1.29, 1.82) is 0 Å². The summed E-state index contributed by atoms with van der Waals surface area (Å²) in [5.74, 6) is 0. The van der Waals surface area contributed by atoms with Crippen LogP contribution in [0.25, 0.3) is 5.69 Å². The van der Waals surface area contributed by atoms with Crippen LogP contribution in [0.1, 0.15) is 12.5 Å². The minimum atomic E-state index is -4.55. The largest absolute Gasteiger partial charge is 0.419 e. The third kappa shape index (κ3) is 2.96. The van der Waals surface area contributed by atoms with E-state index in [-0.39, 0.29) is 17.1 Å². The van der Waals surface area contributed by atoms with Crippen LogP contribution in [0.15, 0.2) is 30.6 Å². The van der Waals surface area contributed by atoms with Crippen LogP contribution in [0.5, 0.6) is 0 Å². The van der Waals surface area contributed by atoms with Crippen molar-refractivity contribution in [3.8, 4) is 5.69 Å². The van der Waals surface area contributed by atoms with Gasteiger partial charge in [0.25, 0.3) is 0 Å². The normalized spacial score (nSPS) is 11.4. The van der Waals surface area contributed by atoms with Crippen LogP contribution in [0.3, 0.4) is 0 Å². The maximum atomic E-state index is 12.6. The third-order valence-corrected chi connectivity index (χ3v) is 2.72. The van der Waals surface area contributed by atoms with Crippen molar-refractivity contribution in [2.24, 2.45) is 0 Å². The van der Waals surface area contributed by atoms with Gasteiger partial charge in [-0.1, -0.05) is 6.07 Å². The molecule has 0 atom stereocenters. The van der Waals surface area contributed by atoms with Gasteiger partial charge in [-0.05, 0) is 19.1 Å². The van der Waals surface area contributed by atoms with Crippen LogP contribution in [-0.4, -0.2) is 21.2 Å². The van der Waals surface area contributed by atoms with E-state index >= 15 is 0 Å². The van der Waals surface area contributed by atoms with Gasteiger partial charge in [0, 0.05) is 12.7 Å². The molecule has 0 saturated carbocycles. The number of alkyl halides is 3. The molecule has 0 aliphatic carbocycles. The summed E-state index contributed by atoms with van der Waals surface area (Å²) in [6.45, 7) is 2.20. The fourth-order valence-corrected chi connectivity index (χ4v) is 1.84. The molecular weight excluding hydrogens is 289 g/mol. The van der Waals surface area contributed by atoms with Crippen molar-refractivity contribution >= 4 is 11.4 Å². The lowest BCUT2D eigenvalue weighted by atomic mass is 10.2. The van der Waals surface area contributed by atoms with Gasteiger partial charge in [0.05, 0.1) is 16.7 Å². The molecule has 21 heavy (non-hydrogen) atoms. The summed E-state index contributed by atoms with van der Waals surface area (Å²) in [5, 5.41) is 17.6. The van der Waals surface area contributed by atoms with Crippen molar-refractivity contribution in [3.05, 3.63) is 46.3 Å². The molecule has 6 nitrogen and oxygen atoms in total. The Bertz CT molecular complexity index is 667. The second-order valence-electron chi connectivity index (χ2n) is 4.13. The predicted molar refractivity (Wildman–Crippen MR) is 69.4 cm³/mol. The van der Waals surface area contributed by atoms with Gasteiger partial charge in [-0.25, -0.2) is 4.68 Å². The van der Waals surface area contributed by atoms with E-state index in [0.29, 0.717) is 12.7 Å². The second-order valence-corrected chi connectivity index (χ2v) is 4.13. The number of nitro benzene ring substituents is 1. The van der Waals surface area contributed by atoms with Gasteiger partial charge < -0.3 is 5.32 Å². The van der Waals surface area contributed by atoms with Crippen LogP contribution in [0, 0.1) is 10.1 Å². The number of nitrogens with one attached hydrogen (secondary N) is 1. The number of halogens is 3. The zero-order valence-corrected chi connectivity index (χ0v) is 10.9. The molecule has 0 spiro atoms. The molecule has 9 heteroatoms. The number of rotatable bonds is 4. The maximum absolute atomic E-state index is 12.6. The van der Waals surface area contributed by atoms with Crippen LogP contribution < -0.4 is 5.32 Å². The summed E-state index contributed by atoms with van der Waals surface area (Å²) in [4.78, 5) is 10.5. The van der Waals surface area contributed by atoms with Crippen LogP contribution >= 0.6 is 0 Å². The van der Waals surface area contributed by atoms with Gasteiger partial charge in [-0.15, -0.1) is 0 Å². The monoisotopic (exact) mass is 300 g/mol. The number of aromatic nitrogens is 2. The molecule has 2 aromatic rings. The molecule has 0 saturated heterocycles. The molecule has 1 N–H and O–H groups in total. The van der Waals surface area contributed by atoms with Crippen molar-refractivity contribution in [1.82, 2.24) is 9.78 Å². The van der Waals surface area contributed by atoms with Gasteiger partial charge in [0.2, 0.25) is 0 Å². The first-order valence-corrected chi connectivity index (χ1v) is 5.98. The van der Waals surface area contributed by atoms with Crippen LogP contribution in [0.2, 0.25) is 0 Å². The third-order valence-electron chi connectivity index (χ3n) is 2.72. The van der Waals surface area contributed by atoms with Gasteiger partial charge >= 0.3 is 11.9 Å². The van der Waals surface area contributed by atoms with Gasteiger partial charge in [-0.3, -0.25) is 10.1 Å². The number of benzene rings is 1. The lowest BCUT2D eigenvalue weighted by Crippen LogP contribution is -2.06. The zero-order valence-electron chi connectivity index (χ0n) is 10.9. The van der Waals surface area contributed by atoms with Crippen LogP contribution in [0.4, 0.5) is 24.5 Å². The number of nitro groups is 1. The minimum Gasteiger partial charge on any atom is -0.380 e. The van der Waals surface area contributed by atoms with E-state index < -0.39 is 16.7 Å². The average Bonchev–Trinajstić information content (AvgIpc) is 2.87. The molecule has 0 fully saturated rings. The van der Waals surface area contributed by atoms with Gasteiger partial charge in [0.1, 0.15) is 11.4 Å². The first-order valence-electron chi connectivity index (χ1n) is 5.98. The van der Waals surface area contributed by atoms with E-state index in [1.54, 1.807) is 6.92 Å². The Balaban J connectivity index is 2.56. The highest BCUT2D eigenvalue weighted by Crippen LogP contribution is 2.33. The smallest absolute Gasteiger partial charge is 0.380 e. The Hall–Kier alpha value is -2.58. The van der Waals surface area contributed by atoms with E-state index in [1.807, 2.05) is 0 Å². The van der Waals surface area contributed by atoms with E-state index in [0.717, 1.165) is 10.9 Å². The SMILES string of the molecule is CCNc1cccc(-n2cc(C(F)(F)F)cn2)c1[N+](=O)[O-]. The van der Waals surface area contributed by atoms with Crippen molar-refractivity contribution in [2.45, 2.75) is 13.1 Å². The van der Waals surface area contributed by atoms with Crippen LogP contribution in [-0.2, 0) is 6.18 Å². The van der Waals surface area contributed by atoms with E-state index in [2.05, 4.69) is 10.4 Å². The highest BCUT2D eigenvalue weighted by molar-refractivity contribution is 5.71. The number of anilines is 1. The quantitative estimate of drug-likeness (QED) is 0.695. The predicted octanol–water partition coefficient (Wildman–Crippen LogP) is 3.23. The zero-order chi connectivity index (χ0) is 15.6. The topological polar surface area (TPSA) is 73.0 Å². The van der Waals surface area contributed by atoms with Crippen molar-refractivity contribution in [2.75, 3.05) is 11.9 Å². The molecule has 0 radical (unpaired) electrons. The fraction of sp³-hybridized carbons (Fsp3) is 0.250. The van der Waals surface area contributed by atoms with E-state index in [4.69, 9.17) is 0 Å². The molecule has 1 aromatic carbocycles. The number of hydrogen-bond acceptors (Lipinski definition) is 4. The molecule has 112 valence electrons. The molecule has 1 heterocycles. The first-order chi connectivity index (χ1) is 9.84. The Labute approximate surface area is 117 Å². The molecule has 0 aliphatic heterocycles. The fourth-order valence-electron chi connectivity index (χ4n) is 1.84. The minimum absolute atomic E-state index is 0.0334. The van der Waals surface area contributed by atoms with Gasteiger partial charge in [0.15, 0.2) is 0 Å². The van der Waals surface area contributed by atoms with Gasteiger partial charge in [-0.2, -0.15) is 18.3 Å². The molecular formula is C12H11F3N4O2. The number of hydrogen-bond donors (Lipinski definition) is 1. The first kappa shape index (κ1) is 14.8. The molecule has 2 rings (SSSR count). The standard InChI is InChI=1S/C12H11F3N4O2/c1-2-16-9-4-3-5-10(11(9)19(20)21)18-7-8(6-17-18)12(13,14)15/h3-7,16H,2H2,1H3. The highest BCUT2D eigenvalue weighted by atomic mass is 19.4. The molecule has 0 bridgehead atoms. The summed E-state index contributed by atoms with van der Waals surface area (Å²) in [6.07, 6.45) is -3.20. The molecule has 0 unspecified atom stereocenters. The lowest BCUT2D eigenvalue weighted by Gasteiger charge is -2.08. The maximum Gasteiger partial charge on any atom is 0.419 e.